The summed E-state index contributed by atoms with van der Waals surface area (Å²) in [6, 6.07) is 0. The quantitative estimate of drug-likeness (QED) is 0.667. The molecule has 0 aromatic rings. The second kappa shape index (κ2) is 3.39. The van der Waals surface area contributed by atoms with Crippen molar-refractivity contribution in [2.75, 3.05) is 0 Å². The third-order valence-electron chi connectivity index (χ3n) is 5.19. The first-order valence-electron chi connectivity index (χ1n) is 5.87. The number of carbonyl (C=O) groups is 1. The molecule has 2 aliphatic carbocycles. The van der Waals surface area contributed by atoms with E-state index in [-0.39, 0.29) is 10.8 Å². The lowest BCUT2D eigenvalue weighted by atomic mass is 9.70. The lowest BCUT2D eigenvalue weighted by molar-refractivity contribution is -0.210. The number of halogens is 3. The van der Waals surface area contributed by atoms with E-state index in [4.69, 9.17) is 0 Å². The van der Waals surface area contributed by atoms with Gasteiger partial charge in [-0.3, -0.25) is 0 Å². The van der Waals surface area contributed by atoms with Crippen LogP contribution in [0.2, 0.25) is 0 Å². The third-order valence-corrected chi connectivity index (χ3v) is 5.19. The molecule has 2 aliphatic rings. The maximum atomic E-state index is 12.2. The van der Waals surface area contributed by atoms with Crippen LogP contribution in [0, 0.1) is 16.7 Å². The van der Waals surface area contributed by atoms with Gasteiger partial charge in [-0.1, -0.05) is 20.8 Å². The second-order valence-corrected chi connectivity index (χ2v) is 6.00. The molecule has 0 aliphatic heterocycles. The Labute approximate surface area is 98.5 Å². The molecular formula is C12H17F3O2. The number of carbonyl (C=O) groups excluding carboxylic acids is 1. The second-order valence-electron chi connectivity index (χ2n) is 6.00. The van der Waals surface area contributed by atoms with E-state index < -0.39 is 18.2 Å². The molecule has 2 bridgehead atoms. The first-order chi connectivity index (χ1) is 7.59. The van der Waals surface area contributed by atoms with Gasteiger partial charge in [0.15, 0.2) is 0 Å². The fourth-order valence-corrected chi connectivity index (χ4v) is 3.50. The maximum absolute atomic E-state index is 12.2. The van der Waals surface area contributed by atoms with Crippen LogP contribution in [0.25, 0.3) is 0 Å². The third kappa shape index (κ3) is 1.66. The van der Waals surface area contributed by atoms with E-state index in [0.29, 0.717) is 12.3 Å². The van der Waals surface area contributed by atoms with Gasteiger partial charge in [0.2, 0.25) is 0 Å². The summed E-state index contributed by atoms with van der Waals surface area (Å²) < 4.78 is 41.2. The van der Waals surface area contributed by atoms with Gasteiger partial charge in [0.25, 0.3) is 0 Å². The summed E-state index contributed by atoms with van der Waals surface area (Å²) in [6.45, 7) is 6.06. The number of rotatable bonds is 1. The molecule has 0 saturated heterocycles. The van der Waals surface area contributed by atoms with Crippen LogP contribution < -0.4 is 0 Å². The average molecular weight is 250 g/mol. The highest BCUT2D eigenvalue weighted by molar-refractivity contribution is 5.75. The van der Waals surface area contributed by atoms with Crippen LogP contribution in [-0.2, 0) is 9.53 Å². The molecule has 0 unspecified atom stereocenters. The minimum absolute atomic E-state index is 0.0520. The van der Waals surface area contributed by atoms with Crippen molar-refractivity contribution in [1.82, 2.24) is 0 Å². The fourth-order valence-electron chi connectivity index (χ4n) is 3.50. The SMILES string of the molecule is CC1(C)[C@H]2CC[C@@]1(C)[C@H](OC(=O)C(F)(F)F)C2. The minimum atomic E-state index is -4.89. The molecule has 2 fully saturated rings. The molecule has 0 radical (unpaired) electrons. The van der Waals surface area contributed by atoms with Crippen molar-refractivity contribution in [2.45, 2.75) is 52.3 Å². The van der Waals surface area contributed by atoms with Crippen molar-refractivity contribution in [2.24, 2.45) is 16.7 Å². The molecule has 17 heavy (non-hydrogen) atoms. The van der Waals surface area contributed by atoms with E-state index in [1.165, 1.54) is 0 Å². The number of fused-ring (bicyclic) bond motifs is 2. The van der Waals surface area contributed by atoms with Gasteiger partial charge in [0.05, 0.1) is 0 Å². The van der Waals surface area contributed by atoms with Crippen LogP contribution in [-0.4, -0.2) is 18.2 Å². The lowest BCUT2D eigenvalue weighted by Crippen LogP contribution is -2.41. The zero-order valence-electron chi connectivity index (χ0n) is 10.2. The molecule has 98 valence electrons. The molecule has 2 rings (SSSR count). The predicted molar refractivity (Wildman–Crippen MR) is 55.2 cm³/mol. The summed E-state index contributed by atoms with van der Waals surface area (Å²) in [5.74, 6) is -1.69. The summed E-state index contributed by atoms with van der Waals surface area (Å²) in [5, 5.41) is 0. The van der Waals surface area contributed by atoms with Gasteiger partial charge in [-0.2, -0.15) is 13.2 Å². The first-order valence-corrected chi connectivity index (χ1v) is 5.87. The van der Waals surface area contributed by atoms with Crippen LogP contribution >= 0.6 is 0 Å². The molecular weight excluding hydrogens is 233 g/mol. The van der Waals surface area contributed by atoms with Gasteiger partial charge in [0.1, 0.15) is 6.10 Å². The Bertz CT molecular complexity index is 348. The normalized spacial score (nSPS) is 39.4. The van der Waals surface area contributed by atoms with Gasteiger partial charge < -0.3 is 4.74 Å². The lowest BCUT2D eigenvalue weighted by Gasteiger charge is -2.38. The fraction of sp³-hybridized carbons (Fsp3) is 0.917. The highest BCUT2D eigenvalue weighted by Crippen LogP contribution is 2.66. The Morgan fingerprint density at radius 2 is 1.88 bits per heavy atom. The highest BCUT2D eigenvalue weighted by Gasteiger charge is 2.63. The van der Waals surface area contributed by atoms with Crippen LogP contribution in [0.3, 0.4) is 0 Å². The summed E-state index contributed by atoms with van der Waals surface area (Å²) >= 11 is 0. The van der Waals surface area contributed by atoms with Crippen molar-refractivity contribution in [3.05, 3.63) is 0 Å². The summed E-state index contributed by atoms with van der Waals surface area (Å²) in [7, 11) is 0. The molecule has 0 N–H and O–H groups in total. The molecule has 0 aromatic carbocycles. The zero-order valence-corrected chi connectivity index (χ0v) is 10.2. The first kappa shape index (κ1) is 12.7. The average Bonchev–Trinajstić information content (AvgIpc) is 2.49. The number of esters is 1. The largest absolute Gasteiger partial charge is 0.490 e. The molecule has 3 atom stereocenters. The van der Waals surface area contributed by atoms with Crippen molar-refractivity contribution in [3.8, 4) is 0 Å². The number of hydrogen-bond donors (Lipinski definition) is 0. The van der Waals surface area contributed by atoms with Crippen molar-refractivity contribution in [3.63, 3.8) is 0 Å². The molecule has 0 spiro atoms. The maximum Gasteiger partial charge on any atom is 0.490 e. The molecule has 5 heteroatoms. The van der Waals surface area contributed by atoms with Crippen molar-refractivity contribution >= 4 is 5.97 Å². The Kier molecular flexibility index (Phi) is 2.53. The molecule has 2 saturated carbocycles. The van der Waals surface area contributed by atoms with E-state index in [1.54, 1.807) is 0 Å². The number of hydrogen-bond acceptors (Lipinski definition) is 2. The van der Waals surface area contributed by atoms with Gasteiger partial charge in [-0.25, -0.2) is 4.79 Å². The van der Waals surface area contributed by atoms with Crippen LogP contribution in [0.1, 0.15) is 40.0 Å². The van der Waals surface area contributed by atoms with Gasteiger partial charge in [-0.05, 0) is 30.6 Å². The van der Waals surface area contributed by atoms with E-state index in [2.05, 4.69) is 18.6 Å². The Balaban J connectivity index is 2.14. The topological polar surface area (TPSA) is 26.3 Å². The van der Waals surface area contributed by atoms with Crippen LogP contribution in [0.4, 0.5) is 13.2 Å². The van der Waals surface area contributed by atoms with E-state index >= 15 is 0 Å². The zero-order chi connectivity index (χ0) is 13.1. The van der Waals surface area contributed by atoms with Crippen molar-refractivity contribution in [1.29, 1.82) is 0 Å². The van der Waals surface area contributed by atoms with Gasteiger partial charge in [-0.15, -0.1) is 0 Å². The molecule has 2 nitrogen and oxygen atoms in total. The number of alkyl halides is 3. The summed E-state index contributed by atoms with van der Waals surface area (Å²) in [6.07, 6.45) is -3.07. The Morgan fingerprint density at radius 1 is 1.29 bits per heavy atom. The summed E-state index contributed by atoms with van der Waals surface area (Å²) in [5.41, 5.74) is -0.373. The molecule has 0 amide bonds. The van der Waals surface area contributed by atoms with E-state index in [0.717, 1.165) is 12.8 Å². The highest BCUT2D eigenvalue weighted by atomic mass is 19.4. The van der Waals surface area contributed by atoms with Gasteiger partial charge >= 0.3 is 12.1 Å². The summed E-state index contributed by atoms with van der Waals surface area (Å²) in [4.78, 5) is 10.9. The van der Waals surface area contributed by atoms with Gasteiger partial charge in [0, 0.05) is 5.41 Å². The monoisotopic (exact) mass is 250 g/mol. The molecule has 0 aromatic heterocycles. The minimum Gasteiger partial charge on any atom is -0.455 e. The van der Waals surface area contributed by atoms with Crippen LogP contribution in [0.5, 0.6) is 0 Å². The Hall–Kier alpha value is -0.740. The van der Waals surface area contributed by atoms with E-state index in [1.807, 2.05) is 6.92 Å². The smallest absolute Gasteiger partial charge is 0.455 e. The Morgan fingerprint density at radius 3 is 2.24 bits per heavy atom. The standard InChI is InChI=1S/C12H17F3O2/c1-10(2)7-4-5-11(10,3)8(6-7)17-9(16)12(13,14)15/h7-8H,4-6H2,1-3H3/t7-,8+,11-/m0/s1. The number of ether oxygens (including phenoxy) is 1. The van der Waals surface area contributed by atoms with E-state index in [9.17, 15) is 18.0 Å². The molecule has 0 heterocycles. The predicted octanol–water partition coefficient (Wildman–Crippen LogP) is 3.31. The van der Waals surface area contributed by atoms with Crippen molar-refractivity contribution < 1.29 is 22.7 Å². The van der Waals surface area contributed by atoms with Crippen LogP contribution in [0.15, 0.2) is 0 Å².